The molecule has 0 bridgehead atoms. The fraction of sp³-hybridized carbons (Fsp3) is 0.389. The summed E-state index contributed by atoms with van der Waals surface area (Å²) in [6.07, 6.45) is 3.23. The lowest BCUT2D eigenvalue weighted by atomic mass is 9.78. The summed E-state index contributed by atoms with van der Waals surface area (Å²) in [7, 11) is 1.43. The molecule has 1 fully saturated rings. The Labute approximate surface area is 144 Å². The van der Waals surface area contributed by atoms with Gasteiger partial charge in [-0.2, -0.15) is 0 Å². The van der Waals surface area contributed by atoms with Gasteiger partial charge in [0, 0.05) is 5.39 Å². The van der Waals surface area contributed by atoms with Gasteiger partial charge in [-0.1, -0.05) is 18.6 Å². The highest BCUT2D eigenvalue weighted by atomic mass is 35.5. The number of nitrogens with zero attached hydrogens (tertiary/aromatic N) is 1. The standard InChI is InChI=1S/C18H18ClNO4/c1-3-24-18(22)13-9-11-7-8-12(10-5-4-6-10)14(16(19)21)15(11)20-17(13)23-2/h7-10H,3-6H2,1-2H3. The van der Waals surface area contributed by atoms with Crippen molar-refractivity contribution in [3.8, 4) is 5.88 Å². The molecule has 1 saturated carbocycles. The van der Waals surface area contributed by atoms with E-state index < -0.39 is 11.2 Å². The van der Waals surface area contributed by atoms with Gasteiger partial charge in [0.25, 0.3) is 5.24 Å². The van der Waals surface area contributed by atoms with E-state index >= 15 is 0 Å². The molecule has 24 heavy (non-hydrogen) atoms. The van der Waals surface area contributed by atoms with Crippen LogP contribution in [0.2, 0.25) is 0 Å². The number of ether oxygens (including phenoxy) is 2. The van der Waals surface area contributed by atoms with Crippen molar-refractivity contribution in [3.63, 3.8) is 0 Å². The molecule has 6 heteroatoms. The number of methoxy groups -OCH3 is 1. The highest BCUT2D eigenvalue weighted by Gasteiger charge is 2.27. The van der Waals surface area contributed by atoms with E-state index in [1.165, 1.54) is 7.11 Å². The first kappa shape index (κ1) is 16.7. The van der Waals surface area contributed by atoms with E-state index in [1.807, 2.05) is 12.1 Å². The van der Waals surface area contributed by atoms with Crippen molar-refractivity contribution < 1.29 is 19.1 Å². The maximum Gasteiger partial charge on any atom is 0.343 e. The van der Waals surface area contributed by atoms with Crippen LogP contribution in [0.4, 0.5) is 0 Å². The number of carbonyl (C=O) groups excluding carboxylic acids is 2. The zero-order chi connectivity index (χ0) is 17.3. The second kappa shape index (κ2) is 6.77. The zero-order valence-corrected chi connectivity index (χ0v) is 14.4. The summed E-state index contributed by atoms with van der Waals surface area (Å²) >= 11 is 5.85. The summed E-state index contributed by atoms with van der Waals surface area (Å²) in [6, 6.07) is 5.40. The van der Waals surface area contributed by atoms with E-state index in [0.29, 0.717) is 22.4 Å². The Morgan fingerprint density at radius 1 is 1.33 bits per heavy atom. The van der Waals surface area contributed by atoms with E-state index in [0.717, 1.165) is 24.8 Å². The minimum atomic E-state index is -0.541. The second-order valence-electron chi connectivity index (χ2n) is 5.77. The predicted octanol–water partition coefficient (Wildman–Crippen LogP) is 4.07. The van der Waals surface area contributed by atoms with Crippen LogP contribution in [0.1, 0.15) is 58.4 Å². The van der Waals surface area contributed by atoms with Gasteiger partial charge in [0.15, 0.2) is 0 Å². The zero-order valence-electron chi connectivity index (χ0n) is 13.6. The van der Waals surface area contributed by atoms with Crippen molar-refractivity contribution in [3.05, 3.63) is 34.9 Å². The molecule has 1 aliphatic carbocycles. The molecule has 0 saturated heterocycles. The molecule has 0 N–H and O–H groups in total. The van der Waals surface area contributed by atoms with Crippen molar-refractivity contribution in [2.75, 3.05) is 13.7 Å². The van der Waals surface area contributed by atoms with Crippen LogP contribution >= 0.6 is 11.6 Å². The molecule has 1 aromatic heterocycles. The fourth-order valence-electron chi connectivity index (χ4n) is 3.02. The quantitative estimate of drug-likeness (QED) is 0.602. The molecule has 5 nitrogen and oxygen atoms in total. The molecule has 1 heterocycles. The molecule has 0 unspecified atom stereocenters. The SMILES string of the molecule is CCOC(=O)c1cc2ccc(C3CCC3)c(C(=O)Cl)c2nc1OC. The lowest BCUT2D eigenvalue weighted by molar-refractivity contribution is 0.0522. The van der Waals surface area contributed by atoms with Gasteiger partial charge < -0.3 is 9.47 Å². The van der Waals surface area contributed by atoms with Crippen LogP contribution < -0.4 is 4.74 Å². The summed E-state index contributed by atoms with van der Waals surface area (Å²) < 4.78 is 10.3. The molecule has 126 valence electrons. The van der Waals surface area contributed by atoms with Gasteiger partial charge in [-0.3, -0.25) is 4.79 Å². The number of aromatic nitrogens is 1. The van der Waals surface area contributed by atoms with Gasteiger partial charge in [0.1, 0.15) is 5.56 Å². The molecule has 0 aliphatic heterocycles. The summed E-state index contributed by atoms with van der Waals surface area (Å²) in [5, 5.41) is 0.117. The number of fused-ring (bicyclic) bond motifs is 1. The number of esters is 1. The topological polar surface area (TPSA) is 65.5 Å². The first-order chi connectivity index (χ1) is 11.6. The number of halogens is 1. The van der Waals surface area contributed by atoms with Crippen LogP contribution in [0.3, 0.4) is 0 Å². The van der Waals surface area contributed by atoms with Crippen LogP contribution in [-0.4, -0.2) is 29.9 Å². The third kappa shape index (κ3) is 2.84. The monoisotopic (exact) mass is 347 g/mol. The first-order valence-corrected chi connectivity index (χ1v) is 8.33. The molecular weight excluding hydrogens is 330 g/mol. The van der Waals surface area contributed by atoms with Gasteiger partial charge >= 0.3 is 5.97 Å². The number of benzene rings is 1. The minimum absolute atomic E-state index is 0.130. The van der Waals surface area contributed by atoms with E-state index in [-0.39, 0.29) is 18.1 Å². The summed E-state index contributed by atoms with van der Waals surface area (Å²) in [4.78, 5) is 28.5. The molecule has 3 rings (SSSR count). The Balaban J connectivity index is 2.22. The molecule has 1 aliphatic rings. The van der Waals surface area contributed by atoms with Gasteiger partial charge in [-0.05, 0) is 48.9 Å². The number of hydrogen-bond acceptors (Lipinski definition) is 5. The smallest absolute Gasteiger partial charge is 0.343 e. The van der Waals surface area contributed by atoms with Crippen LogP contribution in [0.25, 0.3) is 10.9 Å². The van der Waals surface area contributed by atoms with E-state index in [9.17, 15) is 9.59 Å². The average Bonchev–Trinajstić information content (AvgIpc) is 2.51. The Kier molecular flexibility index (Phi) is 4.71. The van der Waals surface area contributed by atoms with E-state index in [4.69, 9.17) is 21.1 Å². The van der Waals surface area contributed by atoms with Crippen LogP contribution in [0.5, 0.6) is 5.88 Å². The lowest BCUT2D eigenvalue weighted by Crippen LogP contribution is -2.14. The number of carbonyl (C=O) groups is 2. The summed E-state index contributed by atoms with van der Waals surface area (Å²) in [5.74, 6) is -0.0407. The van der Waals surface area contributed by atoms with Crippen molar-refractivity contribution >= 4 is 33.7 Å². The largest absolute Gasteiger partial charge is 0.480 e. The summed E-state index contributed by atoms with van der Waals surface area (Å²) in [6.45, 7) is 1.99. The Hall–Kier alpha value is -2.14. The number of hydrogen-bond donors (Lipinski definition) is 0. The van der Waals surface area contributed by atoms with Crippen molar-refractivity contribution in [2.24, 2.45) is 0 Å². The molecule has 0 spiro atoms. The number of pyridine rings is 1. The Bertz CT molecular complexity index is 814. The molecule has 2 aromatic rings. The average molecular weight is 348 g/mol. The van der Waals surface area contributed by atoms with Crippen molar-refractivity contribution in [1.82, 2.24) is 4.98 Å². The number of rotatable bonds is 5. The van der Waals surface area contributed by atoms with Crippen molar-refractivity contribution in [1.29, 1.82) is 0 Å². The molecule has 0 amide bonds. The molecular formula is C18H18ClNO4. The van der Waals surface area contributed by atoms with Crippen LogP contribution in [0.15, 0.2) is 18.2 Å². The molecule has 0 radical (unpaired) electrons. The Morgan fingerprint density at radius 3 is 2.62 bits per heavy atom. The van der Waals surface area contributed by atoms with Crippen molar-refractivity contribution in [2.45, 2.75) is 32.1 Å². The third-order valence-electron chi connectivity index (χ3n) is 4.42. The van der Waals surface area contributed by atoms with Gasteiger partial charge in [-0.25, -0.2) is 9.78 Å². The fourth-order valence-corrected chi connectivity index (χ4v) is 3.21. The first-order valence-electron chi connectivity index (χ1n) is 7.95. The minimum Gasteiger partial charge on any atom is -0.480 e. The molecule has 0 atom stereocenters. The van der Waals surface area contributed by atoms with Gasteiger partial charge in [0.05, 0.1) is 24.8 Å². The summed E-state index contributed by atoms with van der Waals surface area (Å²) in [5.41, 5.74) is 2.03. The van der Waals surface area contributed by atoms with E-state index in [1.54, 1.807) is 13.0 Å². The maximum absolute atomic E-state index is 12.1. The van der Waals surface area contributed by atoms with E-state index in [2.05, 4.69) is 4.98 Å². The predicted molar refractivity (Wildman–Crippen MR) is 91.0 cm³/mol. The van der Waals surface area contributed by atoms with Crippen LogP contribution in [-0.2, 0) is 4.74 Å². The van der Waals surface area contributed by atoms with Gasteiger partial charge in [-0.15, -0.1) is 0 Å². The second-order valence-corrected chi connectivity index (χ2v) is 6.11. The highest BCUT2D eigenvalue weighted by molar-refractivity contribution is 6.68. The maximum atomic E-state index is 12.1. The lowest BCUT2D eigenvalue weighted by Gasteiger charge is -2.27. The Morgan fingerprint density at radius 2 is 2.08 bits per heavy atom. The highest BCUT2D eigenvalue weighted by Crippen LogP contribution is 2.40. The third-order valence-corrected chi connectivity index (χ3v) is 4.60. The van der Waals surface area contributed by atoms with Crippen LogP contribution in [0, 0.1) is 0 Å². The van der Waals surface area contributed by atoms with Gasteiger partial charge in [0.2, 0.25) is 5.88 Å². The molecule has 1 aromatic carbocycles. The normalized spacial score (nSPS) is 14.3.